The molecular weight excluding hydrogens is 266 g/mol. The summed E-state index contributed by atoms with van der Waals surface area (Å²) < 4.78 is 5.22. The summed E-state index contributed by atoms with van der Waals surface area (Å²) in [5, 5.41) is 18.7. The van der Waals surface area contributed by atoms with Crippen molar-refractivity contribution in [3.05, 3.63) is 0 Å². The number of hydrogen-bond donors (Lipinski definition) is 2. The van der Waals surface area contributed by atoms with Gasteiger partial charge < -0.3 is 14.9 Å². The summed E-state index contributed by atoms with van der Waals surface area (Å²) in [5.74, 6) is -3.20. The summed E-state index contributed by atoms with van der Waals surface area (Å²) in [7, 11) is 0. The third-order valence-electron chi connectivity index (χ3n) is 4.71. The molecule has 1 saturated heterocycles. The number of likely N-dealkylation sites (tertiary alicyclic amines) is 1. The van der Waals surface area contributed by atoms with E-state index in [1.807, 2.05) is 0 Å². The van der Waals surface area contributed by atoms with Gasteiger partial charge in [0.2, 0.25) is 0 Å². The summed E-state index contributed by atoms with van der Waals surface area (Å²) in [4.78, 5) is 36.2. The Bertz CT molecular complexity index is 537. The second-order valence-electron chi connectivity index (χ2n) is 6.77. The Morgan fingerprint density at radius 3 is 2.25 bits per heavy atom. The highest BCUT2D eigenvalue weighted by molar-refractivity contribution is 6.01. The van der Waals surface area contributed by atoms with E-state index in [1.165, 1.54) is 0 Å². The van der Waals surface area contributed by atoms with E-state index in [9.17, 15) is 24.6 Å². The summed E-state index contributed by atoms with van der Waals surface area (Å²) in [6.07, 6.45) is 0.104. The number of carboxylic acids is 2. The van der Waals surface area contributed by atoms with Crippen LogP contribution in [-0.2, 0) is 14.3 Å². The molecule has 20 heavy (non-hydrogen) atoms. The molecule has 3 fully saturated rings. The summed E-state index contributed by atoms with van der Waals surface area (Å²) in [6.45, 7) is 5.07. The van der Waals surface area contributed by atoms with Crippen LogP contribution < -0.4 is 0 Å². The predicted octanol–water partition coefficient (Wildman–Crippen LogP) is 0.924. The smallest absolute Gasteiger partial charge is 0.411 e. The minimum Gasteiger partial charge on any atom is -0.481 e. The summed E-state index contributed by atoms with van der Waals surface area (Å²) in [5.41, 5.74) is -3.16. The van der Waals surface area contributed by atoms with Gasteiger partial charge in [0, 0.05) is 5.92 Å². The Morgan fingerprint density at radius 2 is 1.85 bits per heavy atom. The molecule has 1 heterocycles. The van der Waals surface area contributed by atoms with Crippen LogP contribution in [0.4, 0.5) is 4.79 Å². The van der Waals surface area contributed by atoms with Gasteiger partial charge in [0.05, 0.1) is 11.5 Å². The first-order valence-electron chi connectivity index (χ1n) is 6.60. The molecule has 110 valence electrons. The maximum absolute atomic E-state index is 12.2. The molecule has 7 heteroatoms. The molecule has 0 bridgehead atoms. The van der Waals surface area contributed by atoms with E-state index in [0.29, 0.717) is 12.8 Å². The number of ether oxygens (including phenoxy) is 1. The molecule has 0 radical (unpaired) electrons. The maximum Gasteiger partial charge on any atom is 0.411 e. The van der Waals surface area contributed by atoms with Gasteiger partial charge in [-0.1, -0.05) is 0 Å². The van der Waals surface area contributed by atoms with E-state index in [1.54, 1.807) is 20.8 Å². The number of nitrogens with zero attached hydrogens (tertiary/aromatic N) is 1. The molecule has 2 N–H and O–H groups in total. The maximum atomic E-state index is 12.2. The highest BCUT2D eigenvalue weighted by Gasteiger charge is 3.01. The Kier molecular flexibility index (Phi) is 2.16. The van der Waals surface area contributed by atoms with E-state index < -0.39 is 40.6 Å². The van der Waals surface area contributed by atoms with Crippen molar-refractivity contribution in [3.63, 3.8) is 0 Å². The van der Waals surface area contributed by atoms with Crippen LogP contribution in [0.25, 0.3) is 0 Å². The zero-order valence-electron chi connectivity index (χ0n) is 11.5. The molecule has 3 rings (SSSR count). The van der Waals surface area contributed by atoms with Crippen molar-refractivity contribution in [1.82, 2.24) is 4.90 Å². The van der Waals surface area contributed by atoms with Gasteiger partial charge in [-0.05, 0) is 33.6 Å². The molecule has 0 unspecified atom stereocenters. The number of carboxylic acid groups (broad SMARTS) is 2. The van der Waals surface area contributed by atoms with Gasteiger partial charge in [0.25, 0.3) is 0 Å². The molecule has 2 aliphatic carbocycles. The van der Waals surface area contributed by atoms with E-state index in [-0.39, 0.29) is 5.92 Å². The fraction of sp³-hybridized carbons (Fsp3) is 0.769. The Labute approximate surface area is 115 Å². The van der Waals surface area contributed by atoms with Gasteiger partial charge in [0.15, 0.2) is 5.54 Å². The van der Waals surface area contributed by atoms with Crippen LogP contribution >= 0.6 is 0 Å². The van der Waals surface area contributed by atoms with Gasteiger partial charge in [-0.2, -0.15) is 0 Å². The minimum absolute atomic E-state index is 0.261. The Morgan fingerprint density at radius 1 is 1.25 bits per heavy atom. The lowest BCUT2D eigenvalue weighted by Crippen LogP contribution is -2.35. The van der Waals surface area contributed by atoms with Gasteiger partial charge >= 0.3 is 18.0 Å². The number of hydrogen-bond acceptors (Lipinski definition) is 4. The lowest BCUT2D eigenvalue weighted by atomic mass is 9.99. The quantitative estimate of drug-likeness (QED) is 0.730. The number of amides is 1. The zero-order valence-corrected chi connectivity index (χ0v) is 11.5. The molecule has 4 atom stereocenters. The summed E-state index contributed by atoms with van der Waals surface area (Å²) >= 11 is 0. The third kappa shape index (κ3) is 1.19. The van der Waals surface area contributed by atoms with Crippen molar-refractivity contribution < 1.29 is 29.3 Å². The molecule has 1 spiro atoms. The standard InChI is InChI=1S/C13H17NO6/c1-11(2,3)20-10(19)14-12(9(17)18)5-4-6-7(8(15)16)13(6,12)14/h6-7H,4-5H2,1-3H3,(H,15,16)(H,17,18)/t6-,7+,12+,13+,14?/m0/s1. The fourth-order valence-electron chi connectivity index (χ4n) is 4.17. The van der Waals surface area contributed by atoms with Crippen LogP contribution in [0.1, 0.15) is 33.6 Å². The van der Waals surface area contributed by atoms with Crippen LogP contribution in [0, 0.1) is 11.8 Å². The molecule has 1 amide bonds. The lowest BCUT2D eigenvalue weighted by Gasteiger charge is -2.21. The topological polar surface area (TPSA) is 104 Å². The largest absolute Gasteiger partial charge is 0.481 e. The zero-order chi connectivity index (χ0) is 15.1. The van der Waals surface area contributed by atoms with E-state index in [4.69, 9.17) is 4.74 Å². The highest BCUT2D eigenvalue weighted by atomic mass is 16.6. The van der Waals surface area contributed by atoms with Gasteiger partial charge in [-0.3, -0.25) is 9.69 Å². The lowest BCUT2D eigenvalue weighted by molar-refractivity contribution is -0.141. The van der Waals surface area contributed by atoms with Crippen LogP contribution in [0.2, 0.25) is 0 Å². The molecule has 0 aromatic rings. The van der Waals surface area contributed by atoms with Crippen molar-refractivity contribution >= 4 is 18.0 Å². The SMILES string of the molecule is CC(C)(C)OC(=O)N1[C@@]23[C@@H](CC[C@]12C(=O)O)[C@@H]3C(=O)O. The average Bonchev–Trinajstić information content (AvgIpc) is 3.06. The van der Waals surface area contributed by atoms with Gasteiger partial charge in [0.1, 0.15) is 5.60 Å². The monoisotopic (exact) mass is 283 g/mol. The second-order valence-corrected chi connectivity index (χ2v) is 6.77. The molecule has 3 aliphatic rings. The van der Waals surface area contributed by atoms with Crippen LogP contribution in [0.3, 0.4) is 0 Å². The van der Waals surface area contributed by atoms with E-state index >= 15 is 0 Å². The molecule has 0 aromatic heterocycles. The number of carbonyl (C=O) groups excluding carboxylic acids is 1. The average molecular weight is 283 g/mol. The van der Waals surface area contributed by atoms with Crippen molar-refractivity contribution in [2.45, 2.75) is 50.3 Å². The molecule has 2 saturated carbocycles. The van der Waals surface area contributed by atoms with Crippen LogP contribution in [0.15, 0.2) is 0 Å². The Balaban J connectivity index is 1.92. The van der Waals surface area contributed by atoms with Crippen LogP contribution in [0.5, 0.6) is 0 Å². The third-order valence-corrected chi connectivity index (χ3v) is 4.71. The second kappa shape index (κ2) is 3.27. The van der Waals surface area contributed by atoms with Crippen LogP contribution in [-0.4, -0.2) is 49.8 Å². The first-order chi connectivity index (χ1) is 9.10. The first-order valence-corrected chi connectivity index (χ1v) is 6.60. The molecular formula is C13H17NO6. The fourth-order valence-corrected chi connectivity index (χ4v) is 4.17. The summed E-state index contributed by atoms with van der Waals surface area (Å²) in [6, 6.07) is 0. The van der Waals surface area contributed by atoms with Crippen molar-refractivity contribution in [3.8, 4) is 0 Å². The minimum atomic E-state index is -1.37. The molecule has 0 aromatic carbocycles. The van der Waals surface area contributed by atoms with Crippen molar-refractivity contribution in [2.75, 3.05) is 0 Å². The number of piperidine rings is 1. The highest BCUT2D eigenvalue weighted by Crippen LogP contribution is 2.82. The Hall–Kier alpha value is -1.79. The van der Waals surface area contributed by atoms with Gasteiger partial charge in [-0.25, -0.2) is 9.59 Å². The first kappa shape index (κ1) is 13.2. The van der Waals surface area contributed by atoms with Crippen molar-refractivity contribution in [2.24, 2.45) is 11.8 Å². The van der Waals surface area contributed by atoms with Crippen molar-refractivity contribution in [1.29, 1.82) is 0 Å². The normalized spacial score (nSPS) is 40.6. The number of rotatable bonds is 2. The molecule has 7 nitrogen and oxygen atoms in total. The van der Waals surface area contributed by atoms with Gasteiger partial charge in [-0.15, -0.1) is 0 Å². The number of carbonyl (C=O) groups is 3. The molecule has 1 aliphatic heterocycles. The van der Waals surface area contributed by atoms with E-state index in [0.717, 1.165) is 4.90 Å². The predicted molar refractivity (Wildman–Crippen MR) is 65.0 cm³/mol. The van der Waals surface area contributed by atoms with E-state index in [2.05, 4.69) is 0 Å². The number of aliphatic carboxylic acids is 2.